The third kappa shape index (κ3) is 3.92. The van der Waals surface area contributed by atoms with Gasteiger partial charge in [-0.2, -0.15) is 0 Å². The van der Waals surface area contributed by atoms with Gasteiger partial charge >= 0.3 is 0 Å². The fourth-order valence-corrected chi connectivity index (χ4v) is 3.39. The molecule has 0 spiro atoms. The number of thioether (sulfide) groups is 1. The number of rotatable bonds is 5. The van der Waals surface area contributed by atoms with E-state index >= 15 is 0 Å². The first-order chi connectivity index (χ1) is 9.99. The molecule has 0 aliphatic carbocycles. The highest BCUT2D eigenvalue weighted by Crippen LogP contribution is 2.32. The van der Waals surface area contributed by atoms with Gasteiger partial charge in [0.2, 0.25) is 0 Å². The van der Waals surface area contributed by atoms with Crippen LogP contribution in [0.3, 0.4) is 0 Å². The maximum atomic E-state index is 11.2. The van der Waals surface area contributed by atoms with E-state index in [1.165, 1.54) is 13.0 Å². The van der Waals surface area contributed by atoms with Crippen LogP contribution in [0.25, 0.3) is 0 Å². The molecule has 0 saturated heterocycles. The largest absolute Gasteiger partial charge is 0.295 e. The van der Waals surface area contributed by atoms with Crippen LogP contribution in [0, 0.1) is 10.1 Å². The molecule has 0 bridgehead atoms. The molecule has 2 aromatic carbocycles. The first-order valence-electron chi connectivity index (χ1n) is 6.14. The minimum Gasteiger partial charge on any atom is -0.295 e. The molecule has 2 rings (SSSR count). The molecule has 0 fully saturated rings. The second-order valence-corrected chi connectivity index (χ2v) is 6.22. The summed E-state index contributed by atoms with van der Waals surface area (Å²) in [6, 6.07) is 12.3. The number of nitrogens with zero attached hydrogens (tertiary/aromatic N) is 1. The number of ketones is 1. The van der Waals surface area contributed by atoms with Gasteiger partial charge in [-0.05, 0) is 40.5 Å². The Morgan fingerprint density at radius 3 is 2.48 bits per heavy atom. The van der Waals surface area contributed by atoms with Crippen molar-refractivity contribution in [3.8, 4) is 0 Å². The van der Waals surface area contributed by atoms with Crippen molar-refractivity contribution in [2.75, 3.05) is 0 Å². The van der Waals surface area contributed by atoms with E-state index in [1.807, 2.05) is 18.2 Å². The fraction of sp³-hybridized carbons (Fsp3) is 0.133. The molecule has 0 heterocycles. The Balaban J connectivity index is 2.11. The predicted octanol–water partition coefficient (Wildman–Crippen LogP) is 4.85. The Morgan fingerprint density at radius 1 is 1.24 bits per heavy atom. The minimum atomic E-state index is -0.403. The van der Waals surface area contributed by atoms with Crippen molar-refractivity contribution in [2.45, 2.75) is 17.6 Å². The lowest BCUT2D eigenvalue weighted by atomic mass is 10.2. The SMILES string of the molecule is CC(=O)c1ccc(SCc2cccc([N+](=O)[O-])c2Br)cc1. The Labute approximate surface area is 134 Å². The van der Waals surface area contributed by atoms with E-state index in [1.54, 1.807) is 30.0 Å². The van der Waals surface area contributed by atoms with Gasteiger partial charge in [0.05, 0.1) is 9.40 Å². The van der Waals surface area contributed by atoms with Crippen molar-refractivity contribution >= 4 is 39.2 Å². The number of nitro groups is 1. The van der Waals surface area contributed by atoms with Gasteiger partial charge in [-0.3, -0.25) is 14.9 Å². The molecule has 0 unspecified atom stereocenters. The summed E-state index contributed by atoms with van der Waals surface area (Å²) in [7, 11) is 0. The van der Waals surface area contributed by atoms with Crippen LogP contribution >= 0.6 is 27.7 Å². The van der Waals surface area contributed by atoms with Crippen molar-refractivity contribution in [1.29, 1.82) is 0 Å². The third-order valence-corrected chi connectivity index (χ3v) is 4.89. The van der Waals surface area contributed by atoms with Gasteiger partial charge in [-0.1, -0.05) is 24.3 Å². The van der Waals surface area contributed by atoms with E-state index in [0.717, 1.165) is 10.5 Å². The lowest BCUT2D eigenvalue weighted by Crippen LogP contribution is -1.93. The number of nitro benzene ring substituents is 1. The van der Waals surface area contributed by atoms with E-state index < -0.39 is 4.92 Å². The fourth-order valence-electron chi connectivity index (χ4n) is 1.77. The average Bonchev–Trinajstić information content (AvgIpc) is 2.46. The van der Waals surface area contributed by atoms with Crippen LogP contribution in [0.15, 0.2) is 51.8 Å². The lowest BCUT2D eigenvalue weighted by Gasteiger charge is -2.05. The highest BCUT2D eigenvalue weighted by atomic mass is 79.9. The third-order valence-electron chi connectivity index (χ3n) is 2.91. The van der Waals surface area contributed by atoms with Crippen LogP contribution in [0.4, 0.5) is 5.69 Å². The second-order valence-electron chi connectivity index (χ2n) is 4.38. The zero-order valence-electron chi connectivity index (χ0n) is 11.2. The standard InChI is InChI=1S/C15H12BrNO3S/c1-10(18)11-5-7-13(8-6-11)21-9-12-3-2-4-14(15(12)16)17(19)20/h2-8H,9H2,1H3. The first kappa shape index (κ1) is 15.7. The van der Waals surface area contributed by atoms with Gasteiger partial charge in [0, 0.05) is 22.3 Å². The predicted molar refractivity (Wildman–Crippen MR) is 86.8 cm³/mol. The molecular weight excluding hydrogens is 354 g/mol. The molecule has 21 heavy (non-hydrogen) atoms. The maximum Gasteiger partial charge on any atom is 0.283 e. The molecule has 0 N–H and O–H groups in total. The Hall–Kier alpha value is -1.66. The number of halogens is 1. The van der Waals surface area contributed by atoms with Crippen LogP contribution < -0.4 is 0 Å². The molecule has 108 valence electrons. The zero-order chi connectivity index (χ0) is 15.4. The average molecular weight is 366 g/mol. The number of Topliss-reactive ketones (excluding diaryl/α,β-unsaturated/α-hetero) is 1. The summed E-state index contributed by atoms with van der Waals surface area (Å²) in [6.45, 7) is 1.53. The highest BCUT2D eigenvalue weighted by Gasteiger charge is 2.14. The van der Waals surface area contributed by atoms with E-state index in [0.29, 0.717) is 15.8 Å². The van der Waals surface area contributed by atoms with Crippen LogP contribution in [0.1, 0.15) is 22.8 Å². The van der Waals surface area contributed by atoms with Gasteiger partial charge in [-0.15, -0.1) is 11.8 Å². The number of benzene rings is 2. The monoisotopic (exact) mass is 365 g/mol. The summed E-state index contributed by atoms with van der Waals surface area (Å²) >= 11 is 4.85. The maximum absolute atomic E-state index is 11.2. The summed E-state index contributed by atoms with van der Waals surface area (Å²) in [5.74, 6) is 0.648. The molecule has 2 aromatic rings. The molecule has 0 aliphatic rings. The molecule has 0 aromatic heterocycles. The molecule has 0 saturated carbocycles. The minimum absolute atomic E-state index is 0.0352. The van der Waals surface area contributed by atoms with Crippen molar-refractivity contribution < 1.29 is 9.72 Å². The summed E-state index contributed by atoms with van der Waals surface area (Å²) < 4.78 is 0.517. The molecule has 4 nitrogen and oxygen atoms in total. The molecule has 0 amide bonds. The Kier molecular flexibility index (Phi) is 5.14. The number of hydrogen-bond donors (Lipinski definition) is 0. The zero-order valence-corrected chi connectivity index (χ0v) is 13.6. The van der Waals surface area contributed by atoms with Crippen LogP contribution in [0.5, 0.6) is 0 Å². The Bertz CT molecular complexity index is 686. The highest BCUT2D eigenvalue weighted by molar-refractivity contribution is 9.10. The van der Waals surface area contributed by atoms with E-state index in [2.05, 4.69) is 15.9 Å². The van der Waals surface area contributed by atoms with Crippen molar-refractivity contribution in [2.24, 2.45) is 0 Å². The van der Waals surface area contributed by atoms with Crippen molar-refractivity contribution in [1.82, 2.24) is 0 Å². The van der Waals surface area contributed by atoms with Gasteiger partial charge < -0.3 is 0 Å². The summed E-state index contributed by atoms with van der Waals surface area (Å²) in [5.41, 5.74) is 1.61. The van der Waals surface area contributed by atoms with E-state index in [-0.39, 0.29) is 11.5 Å². The van der Waals surface area contributed by atoms with Crippen LogP contribution in [-0.2, 0) is 5.75 Å². The quantitative estimate of drug-likeness (QED) is 0.328. The topological polar surface area (TPSA) is 60.2 Å². The molecule has 0 aliphatic heterocycles. The summed E-state index contributed by atoms with van der Waals surface area (Å²) in [4.78, 5) is 22.7. The number of carbonyl (C=O) groups excluding carboxylic acids is 1. The molecular formula is C15H12BrNO3S. The smallest absolute Gasteiger partial charge is 0.283 e. The summed E-state index contributed by atoms with van der Waals surface area (Å²) in [5, 5.41) is 10.9. The van der Waals surface area contributed by atoms with E-state index in [4.69, 9.17) is 0 Å². The van der Waals surface area contributed by atoms with E-state index in [9.17, 15) is 14.9 Å². The van der Waals surface area contributed by atoms with Crippen molar-refractivity contribution in [3.63, 3.8) is 0 Å². The van der Waals surface area contributed by atoms with Gasteiger partial charge in [-0.25, -0.2) is 0 Å². The lowest BCUT2D eigenvalue weighted by molar-refractivity contribution is -0.385. The molecule has 0 radical (unpaired) electrons. The number of carbonyl (C=O) groups is 1. The first-order valence-corrected chi connectivity index (χ1v) is 7.92. The second kappa shape index (κ2) is 6.87. The number of hydrogen-bond acceptors (Lipinski definition) is 4. The molecule has 6 heteroatoms. The summed E-state index contributed by atoms with van der Waals surface area (Å²) in [6.07, 6.45) is 0. The normalized spacial score (nSPS) is 10.4. The van der Waals surface area contributed by atoms with Crippen molar-refractivity contribution in [3.05, 3.63) is 68.2 Å². The van der Waals surface area contributed by atoms with Crippen LogP contribution in [-0.4, -0.2) is 10.7 Å². The Morgan fingerprint density at radius 2 is 1.90 bits per heavy atom. The van der Waals surface area contributed by atoms with Gasteiger partial charge in [0.25, 0.3) is 5.69 Å². The molecule has 0 atom stereocenters. The van der Waals surface area contributed by atoms with Crippen LogP contribution in [0.2, 0.25) is 0 Å². The van der Waals surface area contributed by atoms with Gasteiger partial charge in [0.15, 0.2) is 5.78 Å². The van der Waals surface area contributed by atoms with Gasteiger partial charge in [0.1, 0.15) is 0 Å².